The molecule has 0 aromatic heterocycles. The molecule has 4 heteroatoms. The first kappa shape index (κ1) is 23.9. The highest BCUT2D eigenvalue weighted by atomic mass is 16.5. The van der Waals surface area contributed by atoms with Crippen molar-refractivity contribution in [1.82, 2.24) is 0 Å². The van der Waals surface area contributed by atoms with Gasteiger partial charge in [-0.25, -0.2) is 9.59 Å². The van der Waals surface area contributed by atoms with E-state index >= 15 is 0 Å². The van der Waals surface area contributed by atoms with Gasteiger partial charge in [-0.05, 0) is 40.9 Å². The fourth-order valence-corrected chi connectivity index (χ4v) is 2.67. The largest absolute Gasteiger partial charge is 0.465 e. The fourth-order valence-electron chi connectivity index (χ4n) is 2.67. The van der Waals surface area contributed by atoms with E-state index in [1.165, 1.54) is 20.3 Å². The van der Waals surface area contributed by atoms with E-state index in [-0.39, 0.29) is 27.9 Å². The highest BCUT2D eigenvalue weighted by Gasteiger charge is 2.31. The monoisotopic (exact) mass is 362 g/mol. The van der Waals surface area contributed by atoms with Crippen molar-refractivity contribution < 1.29 is 19.1 Å². The lowest BCUT2D eigenvalue weighted by Gasteiger charge is -2.36. The van der Waals surface area contributed by atoms with Gasteiger partial charge in [-0.3, -0.25) is 0 Å². The molecule has 26 heavy (non-hydrogen) atoms. The van der Waals surface area contributed by atoms with Crippen molar-refractivity contribution in [2.75, 3.05) is 14.2 Å². The number of methoxy groups -OCH3 is 2. The van der Waals surface area contributed by atoms with Crippen LogP contribution >= 0.6 is 0 Å². The van der Waals surface area contributed by atoms with Crippen LogP contribution in [0.25, 0.3) is 0 Å². The molecule has 0 heterocycles. The van der Waals surface area contributed by atoms with E-state index in [4.69, 9.17) is 4.74 Å². The molecule has 0 aromatic rings. The number of hydrogen-bond acceptors (Lipinski definition) is 4. The van der Waals surface area contributed by atoms with Crippen molar-refractivity contribution in [3.05, 3.63) is 48.1 Å². The zero-order valence-electron chi connectivity index (χ0n) is 17.6. The second-order valence-corrected chi connectivity index (χ2v) is 8.64. The van der Waals surface area contributed by atoms with Crippen molar-refractivity contribution in [2.24, 2.45) is 16.7 Å². The second-order valence-electron chi connectivity index (χ2n) is 8.64. The minimum Gasteiger partial charge on any atom is -0.465 e. The summed E-state index contributed by atoms with van der Waals surface area (Å²) in [4.78, 5) is 23.8. The van der Waals surface area contributed by atoms with Crippen LogP contribution in [0.3, 0.4) is 0 Å². The molecule has 0 amide bonds. The zero-order valence-corrected chi connectivity index (χ0v) is 17.6. The fraction of sp³-hybridized carbons (Fsp3) is 0.545. The zero-order chi connectivity index (χ0) is 20.7. The van der Waals surface area contributed by atoms with Gasteiger partial charge in [-0.15, -0.1) is 0 Å². The number of allylic oxidation sites excluding steroid dienone is 2. The Morgan fingerprint density at radius 1 is 0.962 bits per heavy atom. The first-order chi connectivity index (χ1) is 11.8. The SMILES string of the molecule is C=C/C(=C\C(=C/C(=C)C(=O)OC)C(=O)OC)C(CC(C)(C)C)C(C)(C)C. The van der Waals surface area contributed by atoms with Crippen molar-refractivity contribution in [2.45, 2.75) is 48.0 Å². The third kappa shape index (κ3) is 7.85. The molecule has 0 aliphatic heterocycles. The summed E-state index contributed by atoms with van der Waals surface area (Å²) in [6.07, 6.45) is 5.80. The molecule has 0 aliphatic rings. The first-order valence-corrected chi connectivity index (χ1v) is 8.68. The molecule has 146 valence electrons. The Balaban J connectivity index is 6.21. The number of carbonyl (C=O) groups excluding carboxylic acids is 2. The van der Waals surface area contributed by atoms with Crippen molar-refractivity contribution in [1.29, 1.82) is 0 Å². The van der Waals surface area contributed by atoms with Crippen LogP contribution < -0.4 is 0 Å². The standard InChI is InChI=1S/C22H34O4/c1-11-16(18(22(6,7)8)14-21(3,4)5)13-17(20(24)26-10)12-15(2)19(23)25-9/h11-13,18H,1-2,14H2,3-10H3/b16-13+,17-12+. The average molecular weight is 363 g/mol. The maximum absolute atomic E-state index is 12.2. The van der Waals surface area contributed by atoms with Gasteiger partial charge in [0.25, 0.3) is 0 Å². The molecule has 0 bridgehead atoms. The predicted molar refractivity (Wildman–Crippen MR) is 107 cm³/mol. The Morgan fingerprint density at radius 2 is 1.46 bits per heavy atom. The number of rotatable bonds is 7. The Bertz CT molecular complexity index is 607. The van der Waals surface area contributed by atoms with Crippen molar-refractivity contribution >= 4 is 11.9 Å². The minimum atomic E-state index is -0.595. The van der Waals surface area contributed by atoms with Gasteiger partial charge in [-0.1, -0.05) is 60.8 Å². The maximum atomic E-state index is 12.2. The Hall–Kier alpha value is -2.10. The lowest BCUT2D eigenvalue weighted by molar-refractivity contribution is -0.135. The summed E-state index contributed by atoms with van der Waals surface area (Å²) >= 11 is 0. The molecule has 4 nitrogen and oxygen atoms in total. The van der Waals surface area contributed by atoms with Crippen molar-refractivity contribution in [3.63, 3.8) is 0 Å². The van der Waals surface area contributed by atoms with E-state index in [0.29, 0.717) is 0 Å². The van der Waals surface area contributed by atoms with Crippen molar-refractivity contribution in [3.8, 4) is 0 Å². The molecular formula is C22H34O4. The molecular weight excluding hydrogens is 328 g/mol. The summed E-state index contributed by atoms with van der Waals surface area (Å²) in [7, 11) is 2.57. The second kappa shape index (κ2) is 9.56. The van der Waals surface area contributed by atoms with Crippen LogP contribution in [0.2, 0.25) is 0 Å². The summed E-state index contributed by atoms with van der Waals surface area (Å²) < 4.78 is 9.51. The van der Waals surface area contributed by atoms with Crippen LogP contribution in [0.15, 0.2) is 48.1 Å². The molecule has 0 saturated carbocycles. The number of esters is 2. The maximum Gasteiger partial charge on any atom is 0.337 e. The van der Waals surface area contributed by atoms with Crippen LogP contribution in [-0.2, 0) is 19.1 Å². The minimum absolute atomic E-state index is 0.0338. The van der Waals surface area contributed by atoms with Gasteiger partial charge in [0, 0.05) is 0 Å². The van der Waals surface area contributed by atoms with E-state index in [1.54, 1.807) is 12.2 Å². The molecule has 0 fully saturated rings. The highest BCUT2D eigenvalue weighted by Crippen LogP contribution is 2.41. The number of carbonyl (C=O) groups is 2. The molecule has 1 atom stereocenters. The molecule has 0 saturated heterocycles. The molecule has 0 spiro atoms. The van der Waals surface area contributed by atoms with Gasteiger partial charge in [0.1, 0.15) is 0 Å². The average Bonchev–Trinajstić information content (AvgIpc) is 2.53. The summed E-state index contributed by atoms with van der Waals surface area (Å²) in [6, 6.07) is 0. The molecule has 1 unspecified atom stereocenters. The molecule has 0 radical (unpaired) electrons. The van der Waals surface area contributed by atoms with Crippen LogP contribution in [0, 0.1) is 16.7 Å². The lowest BCUT2D eigenvalue weighted by atomic mass is 9.68. The normalized spacial score (nSPS) is 14.5. The molecule has 0 N–H and O–H groups in total. The van der Waals surface area contributed by atoms with Gasteiger partial charge in [0.15, 0.2) is 0 Å². The van der Waals surface area contributed by atoms with Gasteiger partial charge in [-0.2, -0.15) is 0 Å². The topological polar surface area (TPSA) is 52.6 Å². The molecule has 0 aliphatic carbocycles. The Kier molecular flexibility index (Phi) is 8.79. The van der Waals surface area contributed by atoms with Crippen LogP contribution in [0.4, 0.5) is 0 Å². The van der Waals surface area contributed by atoms with Gasteiger partial charge in [0.2, 0.25) is 0 Å². The van der Waals surface area contributed by atoms with Gasteiger partial charge in [0.05, 0.1) is 25.4 Å². The van der Waals surface area contributed by atoms with E-state index in [2.05, 4.69) is 59.4 Å². The van der Waals surface area contributed by atoms with E-state index in [1.807, 2.05) is 0 Å². The Morgan fingerprint density at radius 3 is 1.81 bits per heavy atom. The smallest absolute Gasteiger partial charge is 0.337 e. The van der Waals surface area contributed by atoms with Gasteiger partial charge < -0.3 is 9.47 Å². The molecule has 0 aromatic carbocycles. The van der Waals surface area contributed by atoms with Crippen LogP contribution in [-0.4, -0.2) is 26.2 Å². The summed E-state index contributed by atoms with van der Waals surface area (Å²) in [5.41, 5.74) is 1.30. The quantitative estimate of drug-likeness (QED) is 0.362. The summed E-state index contributed by atoms with van der Waals surface area (Å²) in [5.74, 6) is -0.973. The highest BCUT2D eigenvalue weighted by molar-refractivity contribution is 5.97. The first-order valence-electron chi connectivity index (χ1n) is 8.68. The third-order valence-electron chi connectivity index (χ3n) is 4.02. The lowest BCUT2D eigenvalue weighted by Crippen LogP contribution is -2.27. The summed E-state index contributed by atoms with van der Waals surface area (Å²) in [5, 5.41) is 0. The van der Waals surface area contributed by atoms with E-state index in [0.717, 1.165) is 12.0 Å². The van der Waals surface area contributed by atoms with E-state index in [9.17, 15) is 9.59 Å². The van der Waals surface area contributed by atoms with Crippen LogP contribution in [0.1, 0.15) is 48.0 Å². The van der Waals surface area contributed by atoms with Gasteiger partial charge >= 0.3 is 11.9 Å². The molecule has 0 rings (SSSR count). The third-order valence-corrected chi connectivity index (χ3v) is 4.02. The number of ether oxygens (including phenoxy) is 2. The van der Waals surface area contributed by atoms with Crippen LogP contribution in [0.5, 0.6) is 0 Å². The Labute approximate surface area is 158 Å². The summed E-state index contributed by atoms with van der Waals surface area (Å²) in [6.45, 7) is 20.6. The number of hydrogen-bond donors (Lipinski definition) is 0. The predicted octanol–water partition coefficient (Wildman–Crippen LogP) is 5.03. The van der Waals surface area contributed by atoms with E-state index < -0.39 is 11.9 Å².